The zero-order chi connectivity index (χ0) is 10.7. The number of carbonyl (C=O) groups is 1. The number of hydrogen-bond acceptors (Lipinski definition) is 2. The van der Waals surface area contributed by atoms with Gasteiger partial charge in [0, 0.05) is 12.5 Å². The number of benzene rings is 1. The summed E-state index contributed by atoms with van der Waals surface area (Å²) in [6, 6.07) is 10.0. The first kappa shape index (κ1) is 10.2. The molecule has 1 aromatic rings. The summed E-state index contributed by atoms with van der Waals surface area (Å²) in [5.74, 6) is 0.140. The maximum Gasteiger partial charge on any atom is 0.227 e. The number of carbonyl (C=O) groups excluding carboxylic acids is 1. The first-order valence-corrected chi connectivity index (χ1v) is 5.25. The van der Waals surface area contributed by atoms with Gasteiger partial charge < -0.3 is 10.0 Å². The van der Waals surface area contributed by atoms with Crippen LogP contribution in [0.25, 0.3) is 0 Å². The quantitative estimate of drug-likeness (QED) is 0.800. The summed E-state index contributed by atoms with van der Waals surface area (Å²) in [6.07, 6.45) is 1.64. The molecule has 2 rings (SSSR count). The molecule has 1 fully saturated rings. The average molecular weight is 205 g/mol. The second-order valence-electron chi connectivity index (χ2n) is 3.92. The fourth-order valence-electron chi connectivity index (χ4n) is 2.03. The van der Waals surface area contributed by atoms with Crippen LogP contribution >= 0.6 is 0 Å². The molecule has 1 amide bonds. The van der Waals surface area contributed by atoms with Gasteiger partial charge in [-0.3, -0.25) is 4.79 Å². The van der Waals surface area contributed by atoms with Crippen LogP contribution in [-0.4, -0.2) is 29.2 Å². The van der Waals surface area contributed by atoms with E-state index in [0.29, 0.717) is 6.54 Å². The SMILES string of the molecule is O=C1[C@@H](Cc2ccccc2)CCN1CO. The molecule has 15 heavy (non-hydrogen) atoms. The van der Waals surface area contributed by atoms with E-state index in [-0.39, 0.29) is 18.6 Å². The van der Waals surface area contributed by atoms with E-state index in [9.17, 15) is 4.79 Å². The van der Waals surface area contributed by atoms with Gasteiger partial charge in [0.25, 0.3) is 0 Å². The maximum absolute atomic E-state index is 11.7. The van der Waals surface area contributed by atoms with Crippen LogP contribution in [0.5, 0.6) is 0 Å². The van der Waals surface area contributed by atoms with Gasteiger partial charge >= 0.3 is 0 Å². The van der Waals surface area contributed by atoms with E-state index in [1.165, 1.54) is 10.5 Å². The van der Waals surface area contributed by atoms with E-state index in [1.54, 1.807) is 0 Å². The molecular weight excluding hydrogens is 190 g/mol. The number of aliphatic hydroxyl groups is 1. The second-order valence-corrected chi connectivity index (χ2v) is 3.92. The zero-order valence-corrected chi connectivity index (χ0v) is 8.60. The fourth-order valence-corrected chi connectivity index (χ4v) is 2.03. The summed E-state index contributed by atoms with van der Waals surface area (Å²) >= 11 is 0. The molecule has 0 saturated carbocycles. The summed E-state index contributed by atoms with van der Waals surface area (Å²) in [4.78, 5) is 13.2. The molecule has 3 nitrogen and oxygen atoms in total. The molecule has 0 radical (unpaired) electrons. The van der Waals surface area contributed by atoms with Crippen molar-refractivity contribution in [3.05, 3.63) is 35.9 Å². The van der Waals surface area contributed by atoms with Crippen molar-refractivity contribution in [2.75, 3.05) is 13.3 Å². The molecule has 0 spiro atoms. The standard InChI is InChI=1S/C12H15NO2/c14-9-13-7-6-11(12(13)15)8-10-4-2-1-3-5-10/h1-5,11,14H,6-9H2/t11-/m1/s1. The average Bonchev–Trinajstić information content (AvgIpc) is 2.62. The molecule has 1 heterocycles. The summed E-state index contributed by atoms with van der Waals surface area (Å²) < 4.78 is 0. The van der Waals surface area contributed by atoms with E-state index in [1.807, 2.05) is 30.3 Å². The van der Waals surface area contributed by atoms with Crippen LogP contribution in [0.2, 0.25) is 0 Å². The normalized spacial score (nSPS) is 21.0. The lowest BCUT2D eigenvalue weighted by Crippen LogP contribution is -2.28. The Labute approximate surface area is 89.3 Å². The minimum Gasteiger partial charge on any atom is -0.376 e. The van der Waals surface area contributed by atoms with E-state index < -0.39 is 0 Å². The highest BCUT2D eigenvalue weighted by Crippen LogP contribution is 2.21. The molecular formula is C12H15NO2. The van der Waals surface area contributed by atoms with Gasteiger partial charge in [-0.25, -0.2) is 0 Å². The lowest BCUT2D eigenvalue weighted by atomic mass is 9.98. The van der Waals surface area contributed by atoms with Crippen LogP contribution in [0.3, 0.4) is 0 Å². The number of rotatable bonds is 3. The Hall–Kier alpha value is -1.35. The van der Waals surface area contributed by atoms with E-state index in [2.05, 4.69) is 0 Å². The molecule has 0 unspecified atom stereocenters. The topological polar surface area (TPSA) is 40.5 Å². The monoisotopic (exact) mass is 205 g/mol. The smallest absolute Gasteiger partial charge is 0.227 e. The highest BCUT2D eigenvalue weighted by atomic mass is 16.3. The molecule has 80 valence electrons. The van der Waals surface area contributed by atoms with E-state index in [4.69, 9.17) is 5.11 Å². The Morgan fingerprint density at radius 3 is 2.67 bits per heavy atom. The largest absolute Gasteiger partial charge is 0.376 e. The van der Waals surface area contributed by atoms with Crippen LogP contribution in [0.15, 0.2) is 30.3 Å². The van der Waals surface area contributed by atoms with Crippen LogP contribution in [0.1, 0.15) is 12.0 Å². The van der Waals surface area contributed by atoms with Gasteiger partial charge in [-0.1, -0.05) is 30.3 Å². The predicted octanol–water partition coefficient (Wildman–Crippen LogP) is 1.03. The first-order chi connectivity index (χ1) is 7.31. The van der Waals surface area contributed by atoms with E-state index >= 15 is 0 Å². The van der Waals surface area contributed by atoms with Gasteiger partial charge in [-0.15, -0.1) is 0 Å². The first-order valence-electron chi connectivity index (χ1n) is 5.25. The molecule has 1 N–H and O–H groups in total. The Bertz CT molecular complexity index is 337. The summed E-state index contributed by atoms with van der Waals surface area (Å²) in [6.45, 7) is 0.539. The van der Waals surface area contributed by atoms with E-state index in [0.717, 1.165) is 12.8 Å². The van der Waals surface area contributed by atoms with Gasteiger partial charge in [0.05, 0.1) is 0 Å². The molecule has 1 atom stereocenters. The Morgan fingerprint density at radius 2 is 2.07 bits per heavy atom. The summed E-state index contributed by atoms with van der Waals surface area (Å²) in [5.41, 5.74) is 1.19. The Balaban J connectivity index is 2.00. The molecule has 0 aromatic heterocycles. The number of likely N-dealkylation sites (tertiary alicyclic amines) is 1. The third-order valence-corrected chi connectivity index (χ3v) is 2.90. The summed E-state index contributed by atoms with van der Waals surface area (Å²) in [5, 5.41) is 8.93. The van der Waals surface area contributed by atoms with Gasteiger partial charge in [0.15, 0.2) is 0 Å². The molecule has 1 saturated heterocycles. The van der Waals surface area contributed by atoms with Crippen molar-refractivity contribution in [3.63, 3.8) is 0 Å². The molecule has 1 aliphatic heterocycles. The third kappa shape index (κ3) is 2.18. The van der Waals surface area contributed by atoms with Crippen molar-refractivity contribution in [1.29, 1.82) is 0 Å². The number of hydrogen-bond donors (Lipinski definition) is 1. The van der Waals surface area contributed by atoms with Crippen molar-refractivity contribution in [3.8, 4) is 0 Å². The maximum atomic E-state index is 11.7. The summed E-state index contributed by atoms with van der Waals surface area (Å²) in [7, 11) is 0. The highest BCUT2D eigenvalue weighted by molar-refractivity contribution is 5.81. The highest BCUT2D eigenvalue weighted by Gasteiger charge is 2.30. The van der Waals surface area contributed by atoms with Crippen molar-refractivity contribution in [2.45, 2.75) is 12.8 Å². The zero-order valence-electron chi connectivity index (χ0n) is 8.60. The van der Waals surface area contributed by atoms with Crippen molar-refractivity contribution >= 4 is 5.91 Å². The molecule has 0 bridgehead atoms. The molecule has 1 aliphatic rings. The van der Waals surface area contributed by atoms with Gasteiger partial charge in [0.2, 0.25) is 5.91 Å². The third-order valence-electron chi connectivity index (χ3n) is 2.90. The van der Waals surface area contributed by atoms with Gasteiger partial charge in [-0.05, 0) is 18.4 Å². The Morgan fingerprint density at radius 1 is 1.33 bits per heavy atom. The number of aliphatic hydroxyl groups excluding tert-OH is 1. The fraction of sp³-hybridized carbons (Fsp3) is 0.417. The lowest BCUT2D eigenvalue weighted by molar-refractivity contribution is -0.133. The van der Waals surface area contributed by atoms with Crippen molar-refractivity contribution in [1.82, 2.24) is 4.90 Å². The molecule has 1 aromatic carbocycles. The minimum atomic E-state index is -0.149. The molecule has 3 heteroatoms. The second kappa shape index (κ2) is 4.45. The van der Waals surface area contributed by atoms with Gasteiger partial charge in [-0.2, -0.15) is 0 Å². The van der Waals surface area contributed by atoms with Crippen molar-refractivity contribution < 1.29 is 9.90 Å². The van der Waals surface area contributed by atoms with Crippen LogP contribution < -0.4 is 0 Å². The van der Waals surface area contributed by atoms with Crippen LogP contribution in [0, 0.1) is 5.92 Å². The lowest BCUT2D eigenvalue weighted by Gasteiger charge is -2.12. The molecule has 0 aliphatic carbocycles. The number of amides is 1. The predicted molar refractivity (Wildman–Crippen MR) is 57.1 cm³/mol. The minimum absolute atomic E-state index is 0.0551. The Kier molecular flexibility index (Phi) is 3.02. The van der Waals surface area contributed by atoms with Crippen LogP contribution in [-0.2, 0) is 11.2 Å². The van der Waals surface area contributed by atoms with Crippen molar-refractivity contribution in [2.24, 2.45) is 5.92 Å². The van der Waals surface area contributed by atoms with Crippen LogP contribution in [0.4, 0.5) is 0 Å². The number of nitrogens with zero attached hydrogens (tertiary/aromatic N) is 1. The van der Waals surface area contributed by atoms with Gasteiger partial charge in [0.1, 0.15) is 6.73 Å².